The summed E-state index contributed by atoms with van der Waals surface area (Å²) in [5.41, 5.74) is 0.287. The third-order valence-electron chi connectivity index (χ3n) is 3.42. The summed E-state index contributed by atoms with van der Waals surface area (Å²) in [6.07, 6.45) is 2.62. The molecule has 0 aliphatic rings. The maximum atomic E-state index is 12.5. The van der Waals surface area contributed by atoms with E-state index in [-0.39, 0.29) is 22.2 Å². The summed E-state index contributed by atoms with van der Waals surface area (Å²) in [4.78, 5) is 38.7. The number of amides is 1. The number of hydrogen-bond acceptors (Lipinski definition) is 6. The first-order valence-corrected chi connectivity index (χ1v) is 8.49. The van der Waals surface area contributed by atoms with Gasteiger partial charge < -0.3 is 4.57 Å². The second-order valence-electron chi connectivity index (χ2n) is 5.20. The number of pyridine rings is 1. The van der Waals surface area contributed by atoms with E-state index in [1.54, 1.807) is 36.5 Å². The van der Waals surface area contributed by atoms with Crippen molar-refractivity contribution in [3.8, 4) is 0 Å². The normalized spacial score (nSPS) is 10.5. The predicted molar refractivity (Wildman–Crippen MR) is 98.0 cm³/mol. The molecule has 0 aliphatic carbocycles. The largest absolute Gasteiger partial charge is 0.345 e. The molecule has 0 radical (unpaired) electrons. The second-order valence-corrected chi connectivity index (χ2v) is 6.64. The third kappa shape index (κ3) is 3.95. The van der Waals surface area contributed by atoms with Gasteiger partial charge in [0.05, 0.1) is 11.5 Å². The summed E-state index contributed by atoms with van der Waals surface area (Å²) in [5, 5.41) is 13.5. The minimum absolute atomic E-state index is 0.0502. The van der Waals surface area contributed by atoms with Crippen LogP contribution in [0.4, 0.5) is 10.1 Å². The van der Waals surface area contributed by atoms with E-state index < -0.39 is 16.4 Å². The molecule has 26 heavy (non-hydrogen) atoms. The Balaban J connectivity index is 1.81. The number of rotatable bonds is 5. The van der Waals surface area contributed by atoms with Gasteiger partial charge in [-0.2, -0.15) is 0 Å². The lowest BCUT2D eigenvalue weighted by Crippen LogP contribution is -2.28. The van der Waals surface area contributed by atoms with Crippen LogP contribution in [0.15, 0.2) is 53.6 Å². The molecule has 8 nitrogen and oxygen atoms in total. The molecule has 3 aromatic rings. The van der Waals surface area contributed by atoms with Gasteiger partial charge in [0.15, 0.2) is 5.13 Å². The standard InChI is InChI=1S/C16H11ClN4O4S/c17-11-5-3-10(4-6-11)9-20-7-1-2-12(15(20)23)14(22)19-16-18-8-13(26-16)21(24)25/h1-8H,9H2,(H,18,19,22). The Kier molecular flexibility index (Phi) is 5.10. The number of thiazole rings is 1. The summed E-state index contributed by atoms with van der Waals surface area (Å²) in [5.74, 6) is -0.676. The molecule has 0 spiro atoms. The Bertz CT molecular complexity index is 1030. The molecule has 1 amide bonds. The maximum absolute atomic E-state index is 12.5. The highest BCUT2D eigenvalue weighted by Crippen LogP contribution is 2.25. The minimum Gasteiger partial charge on any atom is -0.310 e. The van der Waals surface area contributed by atoms with Crippen molar-refractivity contribution in [2.24, 2.45) is 0 Å². The summed E-state index contributed by atoms with van der Waals surface area (Å²) < 4.78 is 1.39. The Hall–Kier alpha value is -3.04. The van der Waals surface area contributed by atoms with Gasteiger partial charge in [0.1, 0.15) is 11.8 Å². The number of nitro groups is 1. The van der Waals surface area contributed by atoms with Gasteiger partial charge >= 0.3 is 5.00 Å². The molecule has 0 unspecified atom stereocenters. The summed E-state index contributed by atoms with van der Waals surface area (Å²) in [6.45, 7) is 0.278. The third-order valence-corrected chi connectivity index (χ3v) is 4.54. The quantitative estimate of drug-likeness (QED) is 0.531. The highest BCUT2D eigenvalue weighted by atomic mass is 35.5. The van der Waals surface area contributed by atoms with Crippen LogP contribution in [0.25, 0.3) is 0 Å². The summed E-state index contributed by atoms with van der Waals surface area (Å²) in [6, 6.07) is 9.97. The van der Waals surface area contributed by atoms with Gasteiger partial charge in [-0.05, 0) is 41.2 Å². The summed E-state index contributed by atoms with van der Waals surface area (Å²) >= 11 is 6.56. The van der Waals surface area contributed by atoms with Gasteiger partial charge in [-0.15, -0.1) is 0 Å². The molecule has 0 atom stereocenters. The van der Waals surface area contributed by atoms with Crippen LogP contribution in [-0.4, -0.2) is 20.4 Å². The van der Waals surface area contributed by atoms with Crippen LogP contribution in [0.2, 0.25) is 5.02 Å². The smallest absolute Gasteiger partial charge is 0.310 e. The highest BCUT2D eigenvalue weighted by molar-refractivity contribution is 7.18. The topological polar surface area (TPSA) is 107 Å². The zero-order valence-electron chi connectivity index (χ0n) is 13.1. The summed E-state index contributed by atoms with van der Waals surface area (Å²) in [7, 11) is 0. The molecule has 0 fully saturated rings. The number of anilines is 1. The first-order chi connectivity index (χ1) is 12.4. The van der Waals surface area contributed by atoms with E-state index in [1.165, 1.54) is 10.6 Å². The number of carbonyl (C=O) groups is 1. The molecule has 2 aromatic heterocycles. The SMILES string of the molecule is O=C(Nc1ncc([N+](=O)[O-])s1)c1cccn(Cc2ccc(Cl)cc2)c1=O. The number of hydrogen-bond donors (Lipinski definition) is 1. The first-order valence-electron chi connectivity index (χ1n) is 7.29. The maximum Gasteiger partial charge on any atom is 0.345 e. The lowest BCUT2D eigenvalue weighted by molar-refractivity contribution is -0.380. The second kappa shape index (κ2) is 7.46. The Morgan fingerprint density at radius 3 is 2.69 bits per heavy atom. The van der Waals surface area contributed by atoms with E-state index in [1.807, 2.05) is 0 Å². The van der Waals surface area contributed by atoms with Crippen LogP contribution >= 0.6 is 22.9 Å². The van der Waals surface area contributed by atoms with Crippen molar-refractivity contribution in [1.29, 1.82) is 0 Å². The zero-order chi connectivity index (χ0) is 18.7. The molecule has 10 heteroatoms. The Morgan fingerprint density at radius 2 is 2.04 bits per heavy atom. The lowest BCUT2D eigenvalue weighted by Gasteiger charge is -2.08. The van der Waals surface area contributed by atoms with Crippen molar-refractivity contribution >= 4 is 39.0 Å². The number of carbonyl (C=O) groups excluding carboxylic acids is 1. The number of nitrogens with zero attached hydrogens (tertiary/aromatic N) is 3. The van der Waals surface area contributed by atoms with E-state index in [4.69, 9.17) is 11.6 Å². The van der Waals surface area contributed by atoms with E-state index in [0.29, 0.717) is 16.4 Å². The monoisotopic (exact) mass is 390 g/mol. The predicted octanol–water partition coefficient (Wildman–Crippen LogP) is 3.17. The number of halogens is 1. The molecule has 0 aliphatic heterocycles. The van der Waals surface area contributed by atoms with Gasteiger partial charge in [-0.3, -0.25) is 25.0 Å². The molecule has 1 N–H and O–H groups in total. The van der Waals surface area contributed by atoms with E-state index in [9.17, 15) is 19.7 Å². The van der Waals surface area contributed by atoms with Crippen LogP contribution in [0.5, 0.6) is 0 Å². The first kappa shape index (κ1) is 17.8. The molecule has 132 valence electrons. The van der Waals surface area contributed by atoms with Crippen LogP contribution in [-0.2, 0) is 6.54 Å². The van der Waals surface area contributed by atoms with Crippen LogP contribution < -0.4 is 10.9 Å². The van der Waals surface area contributed by atoms with Crippen LogP contribution in [0.1, 0.15) is 15.9 Å². The van der Waals surface area contributed by atoms with Crippen molar-refractivity contribution in [3.05, 3.63) is 85.4 Å². The van der Waals surface area contributed by atoms with Gasteiger partial charge in [0, 0.05) is 11.2 Å². The van der Waals surface area contributed by atoms with Gasteiger partial charge in [-0.1, -0.05) is 23.7 Å². The van der Waals surface area contributed by atoms with Gasteiger partial charge in [0.25, 0.3) is 11.5 Å². The van der Waals surface area contributed by atoms with Crippen LogP contribution in [0, 0.1) is 10.1 Å². The van der Waals surface area contributed by atoms with Crippen molar-refractivity contribution < 1.29 is 9.72 Å². The fourth-order valence-electron chi connectivity index (χ4n) is 2.19. The van der Waals surface area contributed by atoms with E-state index in [2.05, 4.69) is 10.3 Å². The lowest BCUT2D eigenvalue weighted by atomic mass is 10.2. The van der Waals surface area contributed by atoms with Crippen LogP contribution in [0.3, 0.4) is 0 Å². The minimum atomic E-state index is -0.676. The molecular weight excluding hydrogens is 380 g/mol. The van der Waals surface area contributed by atoms with E-state index >= 15 is 0 Å². The molecule has 2 heterocycles. The van der Waals surface area contributed by atoms with Crippen molar-refractivity contribution in [3.63, 3.8) is 0 Å². The Labute approximate surface area is 155 Å². The molecular formula is C16H11ClN4O4S. The fourth-order valence-corrected chi connectivity index (χ4v) is 2.95. The fraction of sp³-hybridized carbons (Fsp3) is 0.0625. The molecule has 3 rings (SSSR count). The molecule has 0 bridgehead atoms. The molecule has 0 saturated heterocycles. The highest BCUT2D eigenvalue weighted by Gasteiger charge is 2.17. The van der Waals surface area contributed by atoms with Gasteiger partial charge in [-0.25, -0.2) is 4.98 Å². The van der Waals surface area contributed by atoms with Gasteiger partial charge in [0.2, 0.25) is 0 Å². The zero-order valence-corrected chi connectivity index (χ0v) is 14.7. The molecule has 0 saturated carbocycles. The number of benzene rings is 1. The van der Waals surface area contributed by atoms with Crippen molar-refractivity contribution in [2.75, 3.05) is 5.32 Å². The molecule has 1 aromatic carbocycles. The average molecular weight is 391 g/mol. The number of aromatic nitrogens is 2. The Morgan fingerprint density at radius 1 is 1.31 bits per heavy atom. The van der Waals surface area contributed by atoms with E-state index in [0.717, 1.165) is 11.8 Å². The van der Waals surface area contributed by atoms with Crippen molar-refractivity contribution in [1.82, 2.24) is 9.55 Å². The van der Waals surface area contributed by atoms with Crippen molar-refractivity contribution in [2.45, 2.75) is 6.54 Å². The number of nitrogens with one attached hydrogen (secondary N) is 1. The average Bonchev–Trinajstić information content (AvgIpc) is 3.07.